The maximum atomic E-state index is 12.1. The number of benzene rings is 1. The number of hydrogen-bond donors (Lipinski definition) is 1. The number of nitrogens with one attached hydrogen (secondary N) is 1. The number of halogens is 1. The van der Waals surface area contributed by atoms with Gasteiger partial charge in [0.05, 0.1) is 33.5 Å². The van der Waals surface area contributed by atoms with Crippen LogP contribution in [0.25, 0.3) is 0 Å². The average Bonchev–Trinajstić information content (AvgIpc) is 3.00. The lowest BCUT2D eigenvalue weighted by molar-refractivity contribution is -0.384. The molecule has 0 fully saturated rings. The van der Waals surface area contributed by atoms with Gasteiger partial charge < -0.3 is 10.1 Å². The summed E-state index contributed by atoms with van der Waals surface area (Å²) in [6.07, 6.45) is 6.26. The summed E-state index contributed by atoms with van der Waals surface area (Å²) in [7, 11) is 0. The number of nitro groups is 1. The van der Waals surface area contributed by atoms with Crippen LogP contribution in [0.5, 0.6) is 11.5 Å². The summed E-state index contributed by atoms with van der Waals surface area (Å²) >= 11 is 3.24. The number of carbonyl (C=O) groups excluding carboxylic acids is 1. The zero-order valence-electron chi connectivity index (χ0n) is 13.2. The monoisotopic (exact) mass is 417 g/mol. The van der Waals surface area contributed by atoms with Crippen molar-refractivity contribution < 1.29 is 14.5 Å². The highest BCUT2D eigenvalue weighted by atomic mass is 79.9. The molecule has 0 aliphatic heterocycles. The van der Waals surface area contributed by atoms with Crippen molar-refractivity contribution in [2.75, 3.05) is 5.32 Å². The van der Waals surface area contributed by atoms with Crippen LogP contribution in [0.1, 0.15) is 0 Å². The fraction of sp³-hybridized carbons (Fsp3) is 0.0625. The minimum absolute atomic E-state index is 0.0346. The minimum atomic E-state index is -0.559. The average molecular weight is 418 g/mol. The Morgan fingerprint density at radius 3 is 2.81 bits per heavy atom. The predicted molar refractivity (Wildman–Crippen MR) is 96.0 cm³/mol. The molecule has 0 aliphatic carbocycles. The van der Waals surface area contributed by atoms with Gasteiger partial charge in [-0.1, -0.05) is 0 Å². The van der Waals surface area contributed by atoms with E-state index >= 15 is 0 Å². The molecule has 0 bridgehead atoms. The standard InChI is InChI=1S/C16H12BrN5O4/c17-11-7-19-21(9-11)10-16(23)20-12-4-13(22(24)25)6-15(5-12)26-14-2-1-3-18-8-14/h1-9H,10H2,(H,20,23). The maximum Gasteiger partial charge on any atom is 0.275 e. The molecule has 0 radical (unpaired) electrons. The lowest BCUT2D eigenvalue weighted by atomic mass is 10.2. The number of carbonyl (C=O) groups is 1. The zero-order valence-corrected chi connectivity index (χ0v) is 14.8. The summed E-state index contributed by atoms with van der Waals surface area (Å²) in [5.41, 5.74) is 0.0397. The van der Waals surface area contributed by atoms with Crippen LogP contribution in [-0.4, -0.2) is 25.6 Å². The Labute approximate surface area is 155 Å². The molecule has 1 amide bonds. The second kappa shape index (κ2) is 7.74. The molecule has 0 atom stereocenters. The topological polar surface area (TPSA) is 112 Å². The normalized spacial score (nSPS) is 10.3. The molecular weight excluding hydrogens is 406 g/mol. The number of aromatic nitrogens is 3. The zero-order chi connectivity index (χ0) is 18.5. The summed E-state index contributed by atoms with van der Waals surface area (Å²) in [5, 5.41) is 17.7. The van der Waals surface area contributed by atoms with Crippen molar-refractivity contribution in [1.82, 2.24) is 14.8 Å². The van der Waals surface area contributed by atoms with Crippen LogP contribution in [0, 0.1) is 10.1 Å². The van der Waals surface area contributed by atoms with Gasteiger partial charge in [-0.2, -0.15) is 5.10 Å². The van der Waals surface area contributed by atoms with E-state index in [0.717, 1.165) is 4.47 Å². The van der Waals surface area contributed by atoms with Gasteiger partial charge in [-0.25, -0.2) is 0 Å². The van der Waals surface area contributed by atoms with E-state index in [9.17, 15) is 14.9 Å². The molecule has 0 spiro atoms. The number of hydrogen-bond acceptors (Lipinski definition) is 6. The first-order valence-corrected chi connectivity index (χ1v) is 8.14. The van der Waals surface area contributed by atoms with Crippen molar-refractivity contribution >= 4 is 33.2 Å². The second-order valence-electron chi connectivity index (χ2n) is 5.17. The van der Waals surface area contributed by atoms with Gasteiger partial charge in [-0.05, 0) is 28.1 Å². The van der Waals surface area contributed by atoms with E-state index in [2.05, 4.69) is 31.3 Å². The fourth-order valence-corrected chi connectivity index (χ4v) is 2.46. The molecule has 3 rings (SSSR count). The molecule has 1 N–H and O–H groups in total. The van der Waals surface area contributed by atoms with Gasteiger partial charge in [0.1, 0.15) is 18.0 Å². The Bertz CT molecular complexity index is 945. The van der Waals surface area contributed by atoms with Crippen molar-refractivity contribution in [1.29, 1.82) is 0 Å². The van der Waals surface area contributed by atoms with Crippen LogP contribution in [-0.2, 0) is 11.3 Å². The lowest BCUT2D eigenvalue weighted by Crippen LogP contribution is -2.19. The van der Waals surface area contributed by atoms with Crippen LogP contribution in [0.15, 0.2) is 59.6 Å². The van der Waals surface area contributed by atoms with Crippen LogP contribution in [0.4, 0.5) is 11.4 Å². The Morgan fingerprint density at radius 2 is 2.15 bits per heavy atom. The number of amides is 1. The first kappa shape index (κ1) is 17.5. The molecule has 1 aromatic carbocycles. The van der Waals surface area contributed by atoms with E-state index in [1.165, 1.54) is 29.1 Å². The molecular formula is C16H12BrN5O4. The highest BCUT2D eigenvalue weighted by Gasteiger charge is 2.13. The Kier molecular flexibility index (Phi) is 5.23. The maximum absolute atomic E-state index is 12.1. The molecule has 132 valence electrons. The summed E-state index contributed by atoms with van der Waals surface area (Å²) in [6.45, 7) is -0.0346. The molecule has 3 aromatic rings. The van der Waals surface area contributed by atoms with Gasteiger partial charge in [0.2, 0.25) is 5.91 Å². The molecule has 0 saturated carbocycles. The first-order chi connectivity index (χ1) is 12.5. The van der Waals surface area contributed by atoms with E-state index in [1.54, 1.807) is 30.7 Å². The Balaban J connectivity index is 1.79. The largest absolute Gasteiger partial charge is 0.455 e. The van der Waals surface area contributed by atoms with Crippen molar-refractivity contribution in [3.05, 3.63) is 69.7 Å². The van der Waals surface area contributed by atoms with Gasteiger partial charge in [-0.3, -0.25) is 24.6 Å². The number of ether oxygens (including phenoxy) is 1. The third kappa shape index (κ3) is 4.63. The first-order valence-electron chi connectivity index (χ1n) is 7.35. The van der Waals surface area contributed by atoms with Crippen molar-refractivity contribution in [2.45, 2.75) is 6.54 Å². The van der Waals surface area contributed by atoms with Crippen molar-refractivity contribution in [3.63, 3.8) is 0 Å². The predicted octanol–water partition coefficient (Wildman–Crippen LogP) is 3.38. The van der Waals surface area contributed by atoms with Gasteiger partial charge in [0.25, 0.3) is 5.69 Å². The lowest BCUT2D eigenvalue weighted by Gasteiger charge is -2.09. The van der Waals surface area contributed by atoms with E-state index in [-0.39, 0.29) is 29.6 Å². The second-order valence-corrected chi connectivity index (χ2v) is 6.08. The molecule has 9 nitrogen and oxygen atoms in total. The number of rotatable bonds is 6. The molecule has 0 saturated heterocycles. The van der Waals surface area contributed by atoms with Crippen LogP contribution < -0.4 is 10.1 Å². The summed E-state index contributed by atoms with van der Waals surface area (Å²) in [5.74, 6) is 0.254. The van der Waals surface area contributed by atoms with Crippen LogP contribution in [0.2, 0.25) is 0 Å². The van der Waals surface area contributed by atoms with Crippen LogP contribution in [0.3, 0.4) is 0 Å². The molecule has 0 aliphatic rings. The van der Waals surface area contributed by atoms with E-state index in [0.29, 0.717) is 5.75 Å². The SMILES string of the molecule is O=C(Cn1cc(Br)cn1)Nc1cc(Oc2cccnc2)cc([N+](=O)[O-])c1. The third-order valence-corrected chi connectivity index (χ3v) is 3.57. The van der Waals surface area contributed by atoms with Crippen molar-refractivity contribution in [2.24, 2.45) is 0 Å². The van der Waals surface area contributed by atoms with Crippen molar-refractivity contribution in [3.8, 4) is 11.5 Å². The number of pyridine rings is 1. The van der Waals surface area contributed by atoms with Gasteiger partial charge >= 0.3 is 0 Å². The van der Waals surface area contributed by atoms with Gasteiger partial charge in [0.15, 0.2) is 0 Å². The molecule has 2 heterocycles. The van der Waals surface area contributed by atoms with E-state index < -0.39 is 4.92 Å². The summed E-state index contributed by atoms with van der Waals surface area (Å²) in [4.78, 5) is 26.6. The third-order valence-electron chi connectivity index (χ3n) is 3.16. The quantitative estimate of drug-likeness (QED) is 0.485. The molecule has 0 unspecified atom stereocenters. The number of nitrogens with zero attached hydrogens (tertiary/aromatic N) is 4. The summed E-state index contributed by atoms with van der Waals surface area (Å²) < 4.78 is 7.75. The number of anilines is 1. The van der Waals surface area contributed by atoms with Gasteiger partial charge in [0, 0.05) is 24.5 Å². The summed E-state index contributed by atoms with van der Waals surface area (Å²) in [6, 6.07) is 7.37. The molecule has 2 aromatic heterocycles. The number of nitro benzene ring substituents is 1. The highest BCUT2D eigenvalue weighted by molar-refractivity contribution is 9.10. The smallest absolute Gasteiger partial charge is 0.275 e. The molecule has 10 heteroatoms. The van der Waals surface area contributed by atoms with Crippen LogP contribution >= 0.6 is 15.9 Å². The highest BCUT2D eigenvalue weighted by Crippen LogP contribution is 2.29. The number of non-ortho nitro benzene ring substituents is 1. The minimum Gasteiger partial charge on any atom is -0.455 e. The molecule has 26 heavy (non-hydrogen) atoms. The Morgan fingerprint density at radius 1 is 1.31 bits per heavy atom. The Hall–Kier alpha value is -3.27. The fourth-order valence-electron chi connectivity index (χ4n) is 2.14. The van der Waals surface area contributed by atoms with E-state index in [4.69, 9.17) is 4.74 Å². The van der Waals surface area contributed by atoms with Gasteiger partial charge in [-0.15, -0.1) is 0 Å². The van der Waals surface area contributed by atoms with E-state index in [1.807, 2.05) is 0 Å².